The first-order valence-corrected chi connectivity index (χ1v) is 5.57. The highest BCUT2D eigenvalue weighted by molar-refractivity contribution is 5.78. The molecule has 1 rings (SSSR count). The van der Waals surface area contributed by atoms with Gasteiger partial charge in [0.15, 0.2) is 0 Å². The van der Waals surface area contributed by atoms with Crippen LogP contribution >= 0.6 is 0 Å². The molecule has 1 saturated carbocycles. The van der Waals surface area contributed by atoms with Gasteiger partial charge in [-0.3, -0.25) is 9.69 Å². The van der Waals surface area contributed by atoms with Gasteiger partial charge in [-0.1, -0.05) is 0 Å². The maximum Gasteiger partial charge on any atom is 0.405 e. The van der Waals surface area contributed by atoms with Gasteiger partial charge in [0, 0.05) is 12.6 Å². The summed E-state index contributed by atoms with van der Waals surface area (Å²) in [7, 11) is 1.71. The molecule has 100 valence electrons. The second-order valence-corrected chi connectivity index (χ2v) is 4.45. The number of halogens is 3. The summed E-state index contributed by atoms with van der Waals surface area (Å²) in [6, 6.07) is 0.0895. The van der Waals surface area contributed by atoms with E-state index in [-0.39, 0.29) is 12.6 Å². The number of hydrogen-bond donors (Lipinski definition) is 2. The molecule has 1 atom stereocenters. The minimum absolute atomic E-state index is 0.0472. The fourth-order valence-electron chi connectivity index (χ4n) is 1.81. The Hall–Kier alpha value is -0.820. The first-order valence-electron chi connectivity index (χ1n) is 5.57. The molecule has 0 heterocycles. The van der Waals surface area contributed by atoms with Gasteiger partial charge < -0.3 is 11.1 Å². The summed E-state index contributed by atoms with van der Waals surface area (Å²) < 4.78 is 35.6. The molecule has 0 spiro atoms. The van der Waals surface area contributed by atoms with E-state index in [2.05, 4.69) is 0 Å². The van der Waals surface area contributed by atoms with Crippen LogP contribution in [0.4, 0.5) is 13.2 Å². The molecule has 1 unspecified atom stereocenters. The molecular formula is C10H18F3N3O. The maximum absolute atomic E-state index is 11.9. The van der Waals surface area contributed by atoms with Crippen LogP contribution in [-0.2, 0) is 4.79 Å². The SMILES string of the molecule is CN(CC(=O)NCC(F)(F)F)C(CN)C1CC1. The van der Waals surface area contributed by atoms with E-state index < -0.39 is 18.6 Å². The minimum Gasteiger partial charge on any atom is -0.346 e. The van der Waals surface area contributed by atoms with E-state index in [0.29, 0.717) is 12.5 Å². The lowest BCUT2D eigenvalue weighted by Crippen LogP contribution is -2.46. The van der Waals surface area contributed by atoms with Crippen LogP contribution in [0.1, 0.15) is 12.8 Å². The Morgan fingerprint density at radius 1 is 1.53 bits per heavy atom. The van der Waals surface area contributed by atoms with E-state index >= 15 is 0 Å². The van der Waals surface area contributed by atoms with Crippen LogP contribution in [0.25, 0.3) is 0 Å². The number of rotatable bonds is 6. The molecule has 0 aromatic rings. The smallest absolute Gasteiger partial charge is 0.346 e. The topological polar surface area (TPSA) is 58.4 Å². The fourth-order valence-corrected chi connectivity index (χ4v) is 1.81. The third-order valence-electron chi connectivity index (χ3n) is 2.85. The number of carbonyl (C=O) groups excluding carboxylic acids is 1. The molecule has 0 radical (unpaired) electrons. The zero-order chi connectivity index (χ0) is 13.1. The Morgan fingerprint density at radius 3 is 2.53 bits per heavy atom. The second-order valence-electron chi connectivity index (χ2n) is 4.45. The first-order chi connectivity index (χ1) is 7.83. The van der Waals surface area contributed by atoms with Gasteiger partial charge in [-0.2, -0.15) is 13.2 Å². The van der Waals surface area contributed by atoms with Gasteiger partial charge in [-0.15, -0.1) is 0 Å². The van der Waals surface area contributed by atoms with E-state index in [1.165, 1.54) is 0 Å². The van der Waals surface area contributed by atoms with Gasteiger partial charge in [-0.25, -0.2) is 0 Å². The van der Waals surface area contributed by atoms with Crippen molar-refractivity contribution in [1.29, 1.82) is 0 Å². The summed E-state index contributed by atoms with van der Waals surface area (Å²) in [5, 5.41) is 1.85. The van der Waals surface area contributed by atoms with Crippen molar-refractivity contribution in [1.82, 2.24) is 10.2 Å². The molecular weight excluding hydrogens is 235 g/mol. The zero-order valence-electron chi connectivity index (χ0n) is 9.76. The molecule has 4 nitrogen and oxygen atoms in total. The van der Waals surface area contributed by atoms with Crippen LogP contribution in [0.15, 0.2) is 0 Å². The highest BCUT2D eigenvalue weighted by Crippen LogP contribution is 2.34. The maximum atomic E-state index is 11.9. The third kappa shape index (κ3) is 5.36. The number of hydrogen-bond acceptors (Lipinski definition) is 3. The van der Waals surface area contributed by atoms with Crippen molar-refractivity contribution in [3.8, 4) is 0 Å². The van der Waals surface area contributed by atoms with Gasteiger partial charge in [0.25, 0.3) is 0 Å². The molecule has 0 saturated heterocycles. The monoisotopic (exact) mass is 253 g/mol. The highest BCUT2D eigenvalue weighted by atomic mass is 19.4. The third-order valence-corrected chi connectivity index (χ3v) is 2.85. The van der Waals surface area contributed by atoms with E-state index in [1.54, 1.807) is 11.9 Å². The van der Waals surface area contributed by atoms with E-state index in [4.69, 9.17) is 5.73 Å². The van der Waals surface area contributed by atoms with Crippen molar-refractivity contribution in [2.75, 3.05) is 26.7 Å². The van der Waals surface area contributed by atoms with Crippen LogP contribution in [0.5, 0.6) is 0 Å². The predicted octanol–water partition coefficient (Wildman–Crippen LogP) is 0.334. The van der Waals surface area contributed by atoms with Crippen LogP contribution in [0, 0.1) is 5.92 Å². The summed E-state index contributed by atoms with van der Waals surface area (Å²) >= 11 is 0. The zero-order valence-corrected chi connectivity index (χ0v) is 9.76. The molecule has 0 bridgehead atoms. The molecule has 0 aromatic carbocycles. The van der Waals surface area contributed by atoms with Crippen molar-refractivity contribution >= 4 is 5.91 Å². The summed E-state index contributed by atoms with van der Waals surface area (Å²) in [6.45, 7) is -0.904. The number of likely N-dealkylation sites (N-methyl/N-ethyl adjacent to an activating group) is 1. The first kappa shape index (κ1) is 14.2. The quantitative estimate of drug-likeness (QED) is 0.717. The summed E-state index contributed by atoms with van der Waals surface area (Å²) in [4.78, 5) is 13.0. The van der Waals surface area contributed by atoms with Crippen molar-refractivity contribution in [3.63, 3.8) is 0 Å². The number of alkyl halides is 3. The molecule has 1 fully saturated rings. The van der Waals surface area contributed by atoms with Crippen LogP contribution in [-0.4, -0.2) is 49.7 Å². The lowest BCUT2D eigenvalue weighted by atomic mass is 10.1. The lowest BCUT2D eigenvalue weighted by molar-refractivity contribution is -0.139. The highest BCUT2D eigenvalue weighted by Gasteiger charge is 2.34. The Labute approximate surface area is 98.3 Å². The number of nitrogens with two attached hydrogens (primary N) is 1. The van der Waals surface area contributed by atoms with E-state index in [1.807, 2.05) is 5.32 Å². The molecule has 1 amide bonds. The number of carbonyl (C=O) groups is 1. The lowest BCUT2D eigenvalue weighted by Gasteiger charge is -2.26. The Kier molecular flexibility index (Phi) is 4.76. The summed E-state index contributed by atoms with van der Waals surface area (Å²) in [5.74, 6) is -0.135. The number of nitrogens with one attached hydrogen (secondary N) is 1. The number of amides is 1. The van der Waals surface area contributed by atoms with Crippen molar-refractivity contribution < 1.29 is 18.0 Å². The van der Waals surface area contributed by atoms with E-state index in [9.17, 15) is 18.0 Å². The van der Waals surface area contributed by atoms with Crippen molar-refractivity contribution in [2.24, 2.45) is 11.7 Å². The standard InChI is InChI=1S/C10H18F3N3O/c1-16(8(4-14)7-2-3-7)5-9(17)15-6-10(11,12)13/h7-8H,2-6,14H2,1H3,(H,15,17). The molecule has 1 aliphatic carbocycles. The summed E-state index contributed by atoms with van der Waals surface area (Å²) in [6.07, 6.45) is -2.20. The molecule has 17 heavy (non-hydrogen) atoms. The molecule has 0 aromatic heterocycles. The van der Waals surface area contributed by atoms with Gasteiger partial charge in [0.05, 0.1) is 6.54 Å². The average Bonchev–Trinajstić information content (AvgIpc) is 2.99. The van der Waals surface area contributed by atoms with Crippen molar-refractivity contribution in [3.05, 3.63) is 0 Å². The van der Waals surface area contributed by atoms with Gasteiger partial charge in [-0.05, 0) is 25.8 Å². The summed E-state index contributed by atoms with van der Waals surface area (Å²) in [5.41, 5.74) is 5.58. The normalized spacial score (nSPS) is 18.2. The van der Waals surface area contributed by atoms with Crippen LogP contribution in [0.2, 0.25) is 0 Å². The van der Waals surface area contributed by atoms with Gasteiger partial charge >= 0.3 is 6.18 Å². The van der Waals surface area contributed by atoms with Gasteiger partial charge in [0.2, 0.25) is 5.91 Å². The van der Waals surface area contributed by atoms with Gasteiger partial charge in [0.1, 0.15) is 6.54 Å². The molecule has 3 N–H and O–H groups in total. The van der Waals surface area contributed by atoms with Crippen LogP contribution < -0.4 is 11.1 Å². The molecule has 0 aliphatic heterocycles. The predicted molar refractivity (Wildman–Crippen MR) is 57.3 cm³/mol. The Balaban J connectivity index is 2.29. The second kappa shape index (κ2) is 5.68. The Bertz CT molecular complexity index is 266. The average molecular weight is 253 g/mol. The molecule has 1 aliphatic rings. The Morgan fingerprint density at radius 2 is 2.12 bits per heavy atom. The van der Waals surface area contributed by atoms with Crippen molar-refractivity contribution in [2.45, 2.75) is 25.1 Å². The largest absolute Gasteiger partial charge is 0.405 e. The molecule has 7 heteroatoms. The minimum atomic E-state index is -4.36. The fraction of sp³-hybridized carbons (Fsp3) is 0.900. The van der Waals surface area contributed by atoms with E-state index in [0.717, 1.165) is 12.8 Å². The van der Waals surface area contributed by atoms with Crippen LogP contribution in [0.3, 0.4) is 0 Å². The number of nitrogens with zero attached hydrogens (tertiary/aromatic N) is 1.